The van der Waals surface area contributed by atoms with Gasteiger partial charge in [0.2, 0.25) is 0 Å². The maximum Gasteiger partial charge on any atom is 0.306 e. The molecule has 5 nitrogen and oxygen atoms in total. The molecule has 62 heavy (non-hydrogen) atoms. The first kappa shape index (κ1) is 59.3. The van der Waals surface area contributed by atoms with Crippen LogP contribution in [0.15, 0.2) is 72.9 Å². The summed E-state index contributed by atoms with van der Waals surface area (Å²) in [7, 11) is 0. The van der Waals surface area contributed by atoms with E-state index in [9.17, 15) is 14.7 Å². The van der Waals surface area contributed by atoms with E-state index < -0.39 is 6.10 Å². The lowest BCUT2D eigenvalue weighted by molar-refractivity contribution is -0.161. The van der Waals surface area contributed by atoms with Crippen molar-refractivity contribution in [3.8, 4) is 0 Å². The summed E-state index contributed by atoms with van der Waals surface area (Å²) in [5.74, 6) is -0.602. The Labute approximate surface area is 384 Å². The van der Waals surface area contributed by atoms with Gasteiger partial charge < -0.3 is 14.6 Å². The van der Waals surface area contributed by atoms with Crippen molar-refractivity contribution < 1.29 is 24.2 Å². The largest absolute Gasteiger partial charge is 0.462 e. The zero-order valence-corrected chi connectivity index (χ0v) is 40.9. The molecule has 0 aliphatic rings. The molecule has 0 bridgehead atoms. The number of rotatable bonds is 48. The van der Waals surface area contributed by atoms with Crippen LogP contribution in [0.3, 0.4) is 0 Å². The van der Waals surface area contributed by atoms with Crippen molar-refractivity contribution in [3.05, 3.63) is 72.9 Å². The molecule has 5 heteroatoms. The van der Waals surface area contributed by atoms with Crippen molar-refractivity contribution >= 4 is 11.9 Å². The van der Waals surface area contributed by atoms with Gasteiger partial charge in [0.25, 0.3) is 0 Å². The van der Waals surface area contributed by atoms with Crippen LogP contribution in [0.2, 0.25) is 0 Å². The number of carbonyl (C=O) groups is 2. The average molecular weight is 865 g/mol. The van der Waals surface area contributed by atoms with Gasteiger partial charge in [0.1, 0.15) is 6.61 Å². The first-order chi connectivity index (χ1) is 30.6. The summed E-state index contributed by atoms with van der Waals surface area (Å²) < 4.78 is 10.7. The number of aliphatic hydroxyl groups is 1. The smallest absolute Gasteiger partial charge is 0.306 e. The van der Waals surface area contributed by atoms with Crippen LogP contribution in [0, 0.1) is 0 Å². The van der Waals surface area contributed by atoms with Crippen molar-refractivity contribution in [2.45, 2.75) is 264 Å². The van der Waals surface area contributed by atoms with Gasteiger partial charge in [-0.3, -0.25) is 9.59 Å². The maximum absolute atomic E-state index is 12.3. The molecule has 0 amide bonds. The third kappa shape index (κ3) is 50.0. The fourth-order valence-corrected chi connectivity index (χ4v) is 7.45. The standard InChI is InChI=1S/C57H100O5/c1-3-5-7-9-11-13-15-17-19-21-23-24-25-26-27-28-29-30-31-32-34-36-38-40-42-44-46-48-50-52-57(60)62-55(53-58)54-61-56(59)51-49-47-45-43-41-39-37-35-33-22-20-18-16-14-12-10-8-6-4-2/h12,14-15,17-18,20-21,23,25-26,33,35,55,58H,3-11,13,16,19,22,24,27-32,34,36-54H2,1-2H3/b14-12-,17-15-,20-18-,23-21-,26-25-,35-33-. The molecule has 0 spiro atoms. The Balaban J connectivity index is 3.51. The Hall–Kier alpha value is -2.66. The maximum atomic E-state index is 12.3. The number of allylic oxidation sites excluding steroid dienone is 12. The van der Waals surface area contributed by atoms with Gasteiger partial charge in [-0.05, 0) is 89.9 Å². The summed E-state index contributed by atoms with van der Waals surface area (Å²) in [5.41, 5.74) is 0. The molecule has 1 N–H and O–H groups in total. The van der Waals surface area contributed by atoms with Gasteiger partial charge in [0.15, 0.2) is 6.10 Å². The number of aliphatic hydroxyl groups excluding tert-OH is 1. The minimum absolute atomic E-state index is 0.0745. The van der Waals surface area contributed by atoms with Crippen molar-refractivity contribution in [1.29, 1.82) is 0 Å². The minimum atomic E-state index is -0.781. The van der Waals surface area contributed by atoms with Gasteiger partial charge in [-0.25, -0.2) is 0 Å². The number of carbonyl (C=O) groups excluding carboxylic acids is 2. The van der Waals surface area contributed by atoms with Gasteiger partial charge >= 0.3 is 11.9 Å². The average Bonchev–Trinajstić information content (AvgIpc) is 3.28. The minimum Gasteiger partial charge on any atom is -0.462 e. The van der Waals surface area contributed by atoms with Crippen molar-refractivity contribution in [2.75, 3.05) is 13.2 Å². The predicted octanol–water partition coefficient (Wildman–Crippen LogP) is 17.6. The quantitative estimate of drug-likeness (QED) is 0.0375. The topological polar surface area (TPSA) is 72.8 Å². The molecule has 0 saturated heterocycles. The van der Waals surface area contributed by atoms with Crippen LogP contribution in [0.5, 0.6) is 0 Å². The predicted molar refractivity (Wildman–Crippen MR) is 270 cm³/mol. The van der Waals surface area contributed by atoms with E-state index in [2.05, 4.69) is 86.8 Å². The van der Waals surface area contributed by atoms with E-state index in [1.165, 1.54) is 161 Å². The van der Waals surface area contributed by atoms with Crippen LogP contribution in [0.25, 0.3) is 0 Å². The second kappa shape index (κ2) is 52.7. The van der Waals surface area contributed by atoms with E-state index in [-0.39, 0.29) is 25.2 Å². The monoisotopic (exact) mass is 865 g/mol. The Bertz CT molecular complexity index is 1110. The van der Waals surface area contributed by atoms with E-state index in [1.54, 1.807) is 0 Å². The summed E-state index contributed by atoms with van der Waals surface area (Å²) in [6.07, 6.45) is 71.4. The highest BCUT2D eigenvalue weighted by Crippen LogP contribution is 2.15. The fraction of sp³-hybridized carbons (Fsp3) is 0.754. The third-order valence-electron chi connectivity index (χ3n) is 11.5. The number of unbranched alkanes of at least 4 members (excludes halogenated alkanes) is 28. The fourth-order valence-electron chi connectivity index (χ4n) is 7.45. The highest BCUT2D eigenvalue weighted by molar-refractivity contribution is 5.70. The molecular weight excluding hydrogens is 765 g/mol. The van der Waals surface area contributed by atoms with Gasteiger partial charge in [-0.2, -0.15) is 0 Å². The molecular formula is C57H100O5. The Morgan fingerprint density at radius 1 is 0.371 bits per heavy atom. The van der Waals surface area contributed by atoms with Gasteiger partial charge in [-0.1, -0.05) is 228 Å². The summed E-state index contributed by atoms with van der Waals surface area (Å²) in [6, 6.07) is 0. The summed E-state index contributed by atoms with van der Waals surface area (Å²) in [6.45, 7) is 4.10. The van der Waals surface area contributed by atoms with E-state index >= 15 is 0 Å². The summed E-state index contributed by atoms with van der Waals surface area (Å²) >= 11 is 0. The lowest BCUT2D eigenvalue weighted by atomic mass is 10.0. The second-order valence-corrected chi connectivity index (χ2v) is 17.6. The summed E-state index contributed by atoms with van der Waals surface area (Å²) in [5, 5.41) is 9.63. The van der Waals surface area contributed by atoms with Crippen LogP contribution in [0.1, 0.15) is 258 Å². The molecule has 0 radical (unpaired) electrons. The Morgan fingerprint density at radius 2 is 0.645 bits per heavy atom. The van der Waals surface area contributed by atoms with Gasteiger partial charge in [0, 0.05) is 12.8 Å². The normalized spacial score (nSPS) is 12.8. The lowest BCUT2D eigenvalue weighted by Crippen LogP contribution is -2.28. The molecule has 1 atom stereocenters. The molecule has 0 aromatic rings. The second-order valence-electron chi connectivity index (χ2n) is 17.6. The lowest BCUT2D eigenvalue weighted by Gasteiger charge is -2.15. The molecule has 1 unspecified atom stereocenters. The number of hydrogen-bond donors (Lipinski definition) is 1. The van der Waals surface area contributed by atoms with Gasteiger partial charge in [0.05, 0.1) is 6.61 Å². The molecule has 0 aromatic carbocycles. The van der Waals surface area contributed by atoms with E-state index in [1.807, 2.05) is 0 Å². The molecule has 0 aliphatic carbocycles. The highest BCUT2D eigenvalue weighted by Gasteiger charge is 2.16. The highest BCUT2D eigenvalue weighted by atomic mass is 16.6. The first-order valence-corrected chi connectivity index (χ1v) is 26.5. The van der Waals surface area contributed by atoms with Crippen LogP contribution in [0.4, 0.5) is 0 Å². The summed E-state index contributed by atoms with van der Waals surface area (Å²) in [4.78, 5) is 24.5. The molecule has 0 heterocycles. The van der Waals surface area contributed by atoms with Crippen molar-refractivity contribution in [1.82, 2.24) is 0 Å². The number of esters is 2. The van der Waals surface area contributed by atoms with Crippen LogP contribution < -0.4 is 0 Å². The molecule has 0 rings (SSSR count). The molecule has 0 aromatic heterocycles. The molecule has 0 fully saturated rings. The van der Waals surface area contributed by atoms with E-state index in [0.717, 1.165) is 70.6 Å². The third-order valence-corrected chi connectivity index (χ3v) is 11.5. The van der Waals surface area contributed by atoms with Crippen LogP contribution in [-0.4, -0.2) is 36.4 Å². The SMILES string of the molecule is CCCCC/C=C\C/C=C\C/C=C\CCCCCCCCC(=O)OCC(CO)OC(=O)CCCCCCCCCCCCCCCC/C=C\C/C=C\C/C=C\CCCCCCC. The van der Waals surface area contributed by atoms with Gasteiger partial charge in [-0.15, -0.1) is 0 Å². The molecule has 358 valence electrons. The number of ether oxygens (including phenoxy) is 2. The zero-order chi connectivity index (χ0) is 44.9. The van der Waals surface area contributed by atoms with E-state index in [4.69, 9.17) is 9.47 Å². The van der Waals surface area contributed by atoms with E-state index in [0.29, 0.717) is 12.8 Å². The number of hydrogen-bond acceptors (Lipinski definition) is 5. The zero-order valence-electron chi connectivity index (χ0n) is 40.9. The molecule has 0 saturated carbocycles. The molecule has 0 aliphatic heterocycles. The first-order valence-electron chi connectivity index (χ1n) is 26.5. The van der Waals surface area contributed by atoms with Crippen molar-refractivity contribution in [2.24, 2.45) is 0 Å². The van der Waals surface area contributed by atoms with Crippen LogP contribution in [-0.2, 0) is 19.1 Å². The van der Waals surface area contributed by atoms with Crippen LogP contribution >= 0.6 is 0 Å². The Kier molecular flexibility index (Phi) is 50.4. The van der Waals surface area contributed by atoms with Crippen molar-refractivity contribution in [3.63, 3.8) is 0 Å². The Morgan fingerprint density at radius 3 is 1.00 bits per heavy atom.